The Bertz CT molecular complexity index is 791. The number of furan rings is 1. The Morgan fingerprint density at radius 2 is 2.04 bits per heavy atom. The summed E-state index contributed by atoms with van der Waals surface area (Å²) in [4.78, 5) is 23.5. The fourth-order valence-electron chi connectivity index (χ4n) is 1.86. The fraction of sp³-hybridized carbons (Fsp3) is 0.235. The second-order valence-electron chi connectivity index (χ2n) is 5.28. The summed E-state index contributed by atoms with van der Waals surface area (Å²) < 4.78 is 10.4. The predicted octanol–water partition coefficient (Wildman–Crippen LogP) is 3.16. The number of hydrazone groups is 1. The average molecular weight is 398 g/mol. The summed E-state index contributed by atoms with van der Waals surface area (Å²) in [7, 11) is 0. The Morgan fingerprint density at radius 1 is 1.23 bits per heavy atom. The van der Waals surface area contributed by atoms with E-state index in [2.05, 4.69) is 15.8 Å². The van der Waals surface area contributed by atoms with Crippen molar-refractivity contribution < 1.29 is 18.7 Å². The summed E-state index contributed by atoms with van der Waals surface area (Å²) in [6, 6.07) is 8.18. The lowest BCUT2D eigenvalue weighted by Crippen LogP contribution is -2.28. The highest BCUT2D eigenvalue weighted by molar-refractivity contribution is 6.35. The van der Waals surface area contributed by atoms with E-state index in [1.54, 1.807) is 31.2 Å². The smallest absolute Gasteiger partial charge is 0.277 e. The van der Waals surface area contributed by atoms with Gasteiger partial charge in [-0.25, -0.2) is 5.43 Å². The zero-order valence-corrected chi connectivity index (χ0v) is 15.4. The van der Waals surface area contributed by atoms with Crippen molar-refractivity contribution in [1.82, 2.24) is 10.7 Å². The van der Waals surface area contributed by atoms with Crippen LogP contribution in [0.25, 0.3) is 0 Å². The quantitative estimate of drug-likeness (QED) is 0.528. The van der Waals surface area contributed by atoms with E-state index in [0.29, 0.717) is 33.8 Å². The van der Waals surface area contributed by atoms with Crippen LogP contribution in [0.15, 0.2) is 46.1 Å². The summed E-state index contributed by atoms with van der Waals surface area (Å²) in [5.41, 5.74) is 2.76. The largest absolute Gasteiger partial charge is 0.482 e. The lowest BCUT2D eigenvalue weighted by atomic mass is 10.3. The van der Waals surface area contributed by atoms with Gasteiger partial charge in [0, 0.05) is 10.7 Å². The molecular weight excluding hydrogens is 381 g/mol. The minimum Gasteiger partial charge on any atom is -0.482 e. The van der Waals surface area contributed by atoms with Crippen LogP contribution in [-0.2, 0) is 16.1 Å². The van der Waals surface area contributed by atoms with Gasteiger partial charge in [-0.15, -0.1) is 0 Å². The number of ether oxygens (including phenoxy) is 1. The molecule has 138 valence electrons. The minimum atomic E-state index is -0.480. The SMILES string of the molecule is C/C(CC(=O)NCc1ccco1)=N/NC(=O)COc1ccc(Cl)cc1Cl. The third kappa shape index (κ3) is 6.78. The number of hydrogen-bond acceptors (Lipinski definition) is 5. The molecule has 0 radical (unpaired) electrons. The Kier molecular flexibility index (Phi) is 7.50. The summed E-state index contributed by atoms with van der Waals surface area (Å²) in [5, 5.41) is 7.31. The normalized spacial score (nSPS) is 11.1. The first-order chi connectivity index (χ1) is 12.4. The third-order valence-corrected chi connectivity index (χ3v) is 3.61. The molecule has 0 aliphatic carbocycles. The summed E-state index contributed by atoms with van der Waals surface area (Å²) >= 11 is 11.7. The molecule has 1 aromatic carbocycles. The van der Waals surface area contributed by atoms with Gasteiger partial charge in [0.15, 0.2) is 6.61 Å². The Labute approximate surface area is 160 Å². The van der Waals surface area contributed by atoms with Crippen molar-refractivity contribution in [1.29, 1.82) is 0 Å². The zero-order chi connectivity index (χ0) is 18.9. The Hall–Kier alpha value is -2.51. The van der Waals surface area contributed by atoms with Gasteiger partial charge in [-0.3, -0.25) is 9.59 Å². The van der Waals surface area contributed by atoms with Gasteiger partial charge >= 0.3 is 0 Å². The lowest BCUT2D eigenvalue weighted by molar-refractivity contribution is -0.123. The molecule has 0 bridgehead atoms. The third-order valence-electron chi connectivity index (χ3n) is 3.08. The predicted molar refractivity (Wildman–Crippen MR) is 98.4 cm³/mol. The number of rotatable bonds is 8. The van der Waals surface area contributed by atoms with Crippen LogP contribution < -0.4 is 15.5 Å². The topological polar surface area (TPSA) is 92.9 Å². The van der Waals surface area contributed by atoms with Crippen molar-refractivity contribution in [2.45, 2.75) is 19.9 Å². The zero-order valence-electron chi connectivity index (χ0n) is 13.9. The molecule has 0 aliphatic rings. The molecule has 2 aromatic rings. The van der Waals surface area contributed by atoms with Crippen LogP contribution in [0, 0.1) is 0 Å². The molecule has 26 heavy (non-hydrogen) atoms. The summed E-state index contributed by atoms with van der Waals surface area (Å²) in [5.74, 6) is 0.274. The van der Waals surface area contributed by atoms with Gasteiger partial charge in [0.25, 0.3) is 5.91 Å². The van der Waals surface area contributed by atoms with Gasteiger partial charge in [0.2, 0.25) is 5.91 Å². The Morgan fingerprint density at radius 3 is 2.73 bits per heavy atom. The maximum absolute atomic E-state index is 11.8. The molecule has 1 aromatic heterocycles. The fourth-order valence-corrected chi connectivity index (χ4v) is 2.32. The molecule has 0 saturated heterocycles. The number of benzene rings is 1. The summed E-state index contributed by atoms with van der Waals surface area (Å²) in [6.07, 6.45) is 1.58. The van der Waals surface area contributed by atoms with Crippen LogP contribution in [0.3, 0.4) is 0 Å². The number of halogens is 2. The first kappa shape index (κ1) is 19.8. The average Bonchev–Trinajstić information content (AvgIpc) is 3.11. The molecule has 1 heterocycles. The molecule has 0 unspecified atom stereocenters. The highest BCUT2D eigenvalue weighted by atomic mass is 35.5. The monoisotopic (exact) mass is 397 g/mol. The highest BCUT2D eigenvalue weighted by Crippen LogP contribution is 2.27. The van der Waals surface area contributed by atoms with Gasteiger partial charge in [-0.1, -0.05) is 23.2 Å². The summed E-state index contributed by atoms with van der Waals surface area (Å²) in [6.45, 7) is 1.65. The molecule has 7 nitrogen and oxygen atoms in total. The molecule has 0 saturated carbocycles. The van der Waals surface area contributed by atoms with E-state index >= 15 is 0 Å². The van der Waals surface area contributed by atoms with E-state index in [-0.39, 0.29) is 18.9 Å². The number of nitrogens with zero attached hydrogens (tertiary/aromatic N) is 1. The van der Waals surface area contributed by atoms with E-state index in [1.165, 1.54) is 12.3 Å². The van der Waals surface area contributed by atoms with Crippen molar-refractivity contribution in [3.05, 3.63) is 52.4 Å². The van der Waals surface area contributed by atoms with Crippen molar-refractivity contribution in [3.63, 3.8) is 0 Å². The maximum atomic E-state index is 11.8. The maximum Gasteiger partial charge on any atom is 0.277 e. The van der Waals surface area contributed by atoms with Crippen LogP contribution in [0.2, 0.25) is 10.0 Å². The number of hydrogen-bond donors (Lipinski definition) is 2. The van der Waals surface area contributed by atoms with Crippen LogP contribution in [0.5, 0.6) is 5.75 Å². The number of carbonyl (C=O) groups excluding carboxylic acids is 2. The number of carbonyl (C=O) groups is 2. The Balaban J connectivity index is 1.71. The molecule has 2 amide bonds. The van der Waals surface area contributed by atoms with Gasteiger partial charge in [-0.05, 0) is 37.3 Å². The van der Waals surface area contributed by atoms with Crippen molar-refractivity contribution in [2.75, 3.05) is 6.61 Å². The molecular formula is C17H17Cl2N3O4. The van der Waals surface area contributed by atoms with Gasteiger partial charge in [0.05, 0.1) is 24.3 Å². The van der Waals surface area contributed by atoms with E-state index in [9.17, 15) is 9.59 Å². The van der Waals surface area contributed by atoms with E-state index in [1.807, 2.05) is 0 Å². The standard InChI is InChI=1S/C17H17Cl2N3O4/c1-11(7-16(23)20-9-13-3-2-6-25-13)21-22-17(24)10-26-15-5-4-12(18)8-14(15)19/h2-6,8H,7,9-10H2,1H3,(H,20,23)(H,22,24)/b21-11-. The highest BCUT2D eigenvalue weighted by Gasteiger charge is 2.08. The van der Waals surface area contributed by atoms with Crippen LogP contribution >= 0.6 is 23.2 Å². The van der Waals surface area contributed by atoms with Crippen molar-refractivity contribution in [2.24, 2.45) is 5.10 Å². The molecule has 0 spiro atoms. The minimum absolute atomic E-state index is 0.0465. The van der Waals surface area contributed by atoms with Gasteiger partial charge in [0.1, 0.15) is 11.5 Å². The molecule has 9 heteroatoms. The van der Waals surface area contributed by atoms with Crippen LogP contribution in [0.4, 0.5) is 0 Å². The first-order valence-electron chi connectivity index (χ1n) is 7.63. The second-order valence-corrected chi connectivity index (χ2v) is 6.12. The lowest BCUT2D eigenvalue weighted by Gasteiger charge is -2.07. The van der Waals surface area contributed by atoms with E-state index in [0.717, 1.165) is 0 Å². The van der Waals surface area contributed by atoms with Crippen LogP contribution in [-0.4, -0.2) is 24.1 Å². The molecule has 2 N–H and O–H groups in total. The van der Waals surface area contributed by atoms with E-state index in [4.69, 9.17) is 32.4 Å². The molecule has 2 rings (SSSR count). The van der Waals surface area contributed by atoms with Crippen molar-refractivity contribution in [3.8, 4) is 5.75 Å². The molecule has 0 aliphatic heterocycles. The van der Waals surface area contributed by atoms with Crippen molar-refractivity contribution >= 4 is 40.7 Å². The number of amides is 2. The molecule has 0 fully saturated rings. The van der Waals surface area contributed by atoms with Gasteiger partial charge < -0.3 is 14.5 Å². The van der Waals surface area contributed by atoms with Gasteiger partial charge in [-0.2, -0.15) is 5.10 Å². The molecule has 0 atom stereocenters. The first-order valence-corrected chi connectivity index (χ1v) is 8.38. The number of nitrogens with one attached hydrogen (secondary N) is 2. The van der Waals surface area contributed by atoms with Crippen LogP contribution in [0.1, 0.15) is 19.1 Å². The van der Waals surface area contributed by atoms with E-state index < -0.39 is 5.91 Å². The second kappa shape index (κ2) is 9.84.